The molecule has 1 aliphatic rings. The highest BCUT2D eigenvalue weighted by molar-refractivity contribution is 7.89. The van der Waals surface area contributed by atoms with Crippen molar-refractivity contribution in [1.82, 2.24) is 9.21 Å². The van der Waals surface area contributed by atoms with Crippen LogP contribution in [0.4, 0.5) is 0 Å². The molecule has 0 unspecified atom stereocenters. The summed E-state index contributed by atoms with van der Waals surface area (Å²) in [6.07, 6.45) is 0.869. The Bertz CT molecular complexity index is 722. The van der Waals surface area contributed by atoms with Crippen LogP contribution in [0.25, 0.3) is 0 Å². The lowest BCUT2D eigenvalue weighted by molar-refractivity contribution is -0.138. The first-order chi connectivity index (χ1) is 11.7. The number of carbonyl (C=O) groups is 2. The maximum Gasteiger partial charge on any atom is 0.323 e. The molecule has 1 heterocycles. The Kier molecular flexibility index (Phi) is 6.18. The number of hydrogen-bond donors (Lipinski definition) is 1. The van der Waals surface area contributed by atoms with Crippen LogP contribution >= 0.6 is 0 Å². The number of carbonyl (C=O) groups excluding carboxylic acids is 1. The summed E-state index contributed by atoms with van der Waals surface area (Å²) in [7, 11) is -3.26. The summed E-state index contributed by atoms with van der Waals surface area (Å²) >= 11 is 0. The number of carboxylic acids is 1. The van der Waals surface area contributed by atoms with Gasteiger partial charge in [0.05, 0.1) is 5.75 Å². The molecule has 1 amide bonds. The largest absolute Gasteiger partial charge is 0.480 e. The topological polar surface area (TPSA) is 95.0 Å². The lowest BCUT2D eigenvalue weighted by Crippen LogP contribution is -2.50. The van der Waals surface area contributed by atoms with Crippen LogP contribution in [0.5, 0.6) is 0 Å². The predicted molar refractivity (Wildman–Crippen MR) is 93.9 cm³/mol. The van der Waals surface area contributed by atoms with E-state index < -0.39 is 22.5 Å². The quantitative estimate of drug-likeness (QED) is 0.817. The van der Waals surface area contributed by atoms with Crippen LogP contribution in [-0.2, 0) is 14.8 Å². The number of rotatable bonds is 6. The van der Waals surface area contributed by atoms with E-state index in [2.05, 4.69) is 0 Å². The second-order valence-electron chi connectivity index (χ2n) is 6.22. The van der Waals surface area contributed by atoms with Gasteiger partial charge in [-0.25, -0.2) is 12.7 Å². The van der Waals surface area contributed by atoms with Gasteiger partial charge >= 0.3 is 5.97 Å². The van der Waals surface area contributed by atoms with E-state index in [1.807, 2.05) is 19.1 Å². The third-order valence-corrected chi connectivity index (χ3v) is 6.37. The molecule has 25 heavy (non-hydrogen) atoms. The van der Waals surface area contributed by atoms with E-state index in [0.717, 1.165) is 5.56 Å². The molecule has 0 bridgehead atoms. The van der Waals surface area contributed by atoms with Crippen molar-refractivity contribution in [2.24, 2.45) is 0 Å². The number of aryl methyl sites for hydroxylation is 1. The molecular formula is C17H24N2O5S. The molecule has 0 aliphatic carbocycles. The van der Waals surface area contributed by atoms with Crippen molar-refractivity contribution in [2.45, 2.75) is 32.7 Å². The number of sulfonamides is 1. The Morgan fingerprint density at radius 2 is 1.76 bits per heavy atom. The minimum Gasteiger partial charge on any atom is -0.480 e. The summed E-state index contributed by atoms with van der Waals surface area (Å²) in [5, 5.41) is 9.17. The third kappa shape index (κ3) is 4.79. The Morgan fingerprint density at radius 3 is 2.24 bits per heavy atom. The summed E-state index contributed by atoms with van der Waals surface area (Å²) in [6.45, 7) is 3.72. The van der Waals surface area contributed by atoms with Crippen molar-refractivity contribution in [3.63, 3.8) is 0 Å². The maximum atomic E-state index is 12.8. The van der Waals surface area contributed by atoms with E-state index in [0.29, 0.717) is 31.5 Å². The van der Waals surface area contributed by atoms with E-state index in [1.165, 1.54) is 9.21 Å². The van der Waals surface area contributed by atoms with E-state index in [4.69, 9.17) is 0 Å². The molecule has 7 nitrogen and oxygen atoms in total. The standard InChI is InChI=1S/C17H24N2O5S/c1-3-25(23,24)18-10-8-15(9-11-18)19(12-16(20)21)17(22)14-6-4-13(2)5-7-14/h4-7,15H,3,8-12H2,1-2H3,(H,20,21). The monoisotopic (exact) mass is 368 g/mol. The molecule has 1 aromatic rings. The van der Waals surface area contributed by atoms with Gasteiger partial charge in [0, 0.05) is 24.7 Å². The Hall–Kier alpha value is -1.93. The van der Waals surface area contributed by atoms with E-state index >= 15 is 0 Å². The molecule has 0 spiro atoms. The third-order valence-electron chi connectivity index (χ3n) is 4.49. The molecule has 8 heteroatoms. The second kappa shape index (κ2) is 7.97. The van der Waals surface area contributed by atoms with E-state index in [-0.39, 0.29) is 17.7 Å². The number of nitrogens with zero attached hydrogens (tertiary/aromatic N) is 2. The van der Waals surface area contributed by atoms with Gasteiger partial charge in [-0.15, -0.1) is 0 Å². The highest BCUT2D eigenvalue weighted by Gasteiger charge is 2.33. The zero-order valence-corrected chi connectivity index (χ0v) is 15.3. The number of hydrogen-bond acceptors (Lipinski definition) is 4. The molecule has 0 radical (unpaired) electrons. The SMILES string of the molecule is CCS(=O)(=O)N1CCC(N(CC(=O)O)C(=O)c2ccc(C)cc2)CC1. The minimum atomic E-state index is -3.26. The van der Waals surface area contributed by atoms with Gasteiger partial charge in [-0.1, -0.05) is 17.7 Å². The van der Waals surface area contributed by atoms with Gasteiger partial charge in [0.1, 0.15) is 6.54 Å². The van der Waals surface area contributed by atoms with Crippen LogP contribution in [0.3, 0.4) is 0 Å². The molecule has 1 N–H and O–H groups in total. The average molecular weight is 368 g/mol. The average Bonchev–Trinajstić information content (AvgIpc) is 2.60. The normalized spacial score (nSPS) is 16.6. The predicted octanol–water partition coefficient (Wildman–Crippen LogP) is 1.34. The fourth-order valence-corrected chi connectivity index (χ4v) is 4.12. The molecule has 1 fully saturated rings. The molecular weight excluding hydrogens is 344 g/mol. The molecule has 138 valence electrons. The molecule has 0 atom stereocenters. The van der Waals surface area contributed by atoms with Gasteiger partial charge in [-0.05, 0) is 38.8 Å². The van der Waals surface area contributed by atoms with Crippen molar-refractivity contribution >= 4 is 21.9 Å². The molecule has 2 rings (SSSR count). The van der Waals surface area contributed by atoms with Crippen molar-refractivity contribution in [3.05, 3.63) is 35.4 Å². The Balaban J connectivity index is 2.14. The van der Waals surface area contributed by atoms with Crippen LogP contribution in [0.1, 0.15) is 35.7 Å². The lowest BCUT2D eigenvalue weighted by atomic mass is 10.0. The van der Waals surface area contributed by atoms with Gasteiger partial charge in [0.25, 0.3) is 5.91 Å². The van der Waals surface area contributed by atoms with Gasteiger partial charge in [0.2, 0.25) is 10.0 Å². The van der Waals surface area contributed by atoms with Gasteiger partial charge in [-0.3, -0.25) is 9.59 Å². The van der Waals surface area contributed by atoms with Crippen LogP contribution in [0.2, 0.25) is 0 Å². The molecule has 1 aliphatic heterocycles. The van der Waals surface area contributed by atoms with Crippen molar-refractivity contribution < 1.29 is 23.1 Å². The first-order valence-corrected chi connectivity index (χ1v) is 9.92. The van der Waals surface area contributed by atoms with Crippen molar-refractivity contribution in [1.29, 1.82) is 0 Å². The minimum absolute atomic E-state index is 0.0405. The number of amides is 1. The zero-order chi connectivity index (χ0) is 18.6. The molecule has 0 aromatic heterocycles. The first-order valence-electron chi connectivity index (χ1n) is 8.32. The number of carboxylic acid groups (broad SMARTS) is 1. The Labute approximate surface area is 148 Å². The smallest absolute Gasteiger partial charge is 0.323 e. The van der Waals surface area contributed by atoms with Gasteiger partial charge in [0.15, 0.2) is 0 Å². The second-order valence-corrected chi connectivity index (χ2v) is 8.48. The lowest BCUT2D eigenvalue weighted by Gasteiger charge is -2.37. The van der Waals surface area contributed by atoms with Crippen molar-refractivity contribution in [3.8, 4) is 0 Å². The fraction of sp³-hybridized carbons (Fsp3) is 0.529. The summed E-state index contributed by atoms with van der Waals surface area (Å²) in [5.74, 6) is -1.37. The van der Waals surface area contributed by atoms with Gasteiger partial charge < -0.3 is 10.0 Å². The van der Waals surface area contributed by atoms with E-state index in [1.54, 1.807) is 19.1 Å². The van der Waals surface area contributed by atoms with Crippen LogP contribution in [0, 0.1) is 6.92 Å². The van der Waals surface area contributed by atoms with Crippen LogP contribution < -0.4 is 0 Å². The number of piperidine rings is 1. The number of benzene rings is 1. The maximum absolute atomic E-state index is 12.8. The summed E-state index contributed by atoms with van der Waals surface area (Å²) in [4.78, 5) is 25.3. The summed E-state index contributed by atoms with van der Waals surface area (Å²) < 4.78 is 25.3. The summed E-state index contributed by atoms with van der Waals surface area (Å²) in [6, 6.07) is 6.70. The van der Waals surface area contributed by atoms with Crippen molar-refractivity contribution in [2.75, 3.05) is 25.4 Å². The molecule has 1 aromatic carbocycles. The highest BCUT2D eigenvalue weighted by atomic mass is 32.2. The highest BCUT2D eigenvalue weighted by Crippen LogP contribution is 2.21. The van der Waals surface area contributed by atoms with E-state index in [9.17, 15) is 23.1 Å². The van der Waals surface area contributed by atoms with Gasteiger partial charge in [-0.2, -0.15) is 0 Å². The fourth-order valence-electron chi connectivity index (χ4n) is 2.99. The molecule has 0 saturated carbocycles. The zero-order valence-electron chi connectivity index (χ0n) is 14.5. The Morgan fingerprint density at radius 1 is 1.20 bits per heavy atom. The molecule has 1 saturated heterocycles. The van der Waals surface area contributed by atoms with Crippen LogP contribution in [-0.4, -0.2) is 66.0 Å². The number of aliphatic carboxylic acids is 1. The van der Waals surface area contributed by atoms with Crippen LogP contribution in [0.15, 0.2) is 24.3 Å². The first kappa shape index (κ1) is 19.4. The summed E-state index contributed by atoms with van der Waals surface area (Å²) in [5.41, 5.74) is 1.45.